The summed E-state index contributed by atoms with van der Waals surface area (Å²) >= 11 is 6.01. The van der Waals surface area contributed by atoms with Gasteiger partial charge < -0.3 is 10.2 Å². The molecule has 3 rings (SSSR count). The molecule has 0 aliphatic rings. The first kappa shape index (κ1) is 24.5. The van der Waals surface area contributed by atoms with Gasteiger partial charge in [-0.25, -0.2) is 0 Å². The molecule has 0 saturated heterocycles. The van der Waals surface area contributed by atoms with E-state index in [0.717, 1.165) is 23.1 Å². The molecule has 3 aromatic carbocycles. The Morgan fingerprint density at radius 2 is 1.42 bits per heavy atom. The van der Waals surface area contributed by atoms with Crippen LogP contribution >= 0.6 is 11.6 Å². The minimum absolute atomic E-state index is 0.0284. The standard InChI is InChI=1S/C28H31ClN2O2/c1-3-21(2)30-28(33)26(18-22-10-6-4-7-11-22)31(20-24-12-8-5-9-13-24)27(32)19-23-14-16-25(29)17-15-23/h4-17,21,26H,3,18-20H2,1-2H3,(H,30,33)/t21-,26-/m1/s1. The van der Waals surface area contributed by atoms with Crippen LogP contribution in [-0.2, 0) is 29.0 Å². The van der Waals surface area contributed by atoms with Gasteiger partial charge in [0.25, 0.3) is 0 Å². The number of benzene rings is 3. The van der Waals surface area contributed by atoms with E-state index in [2.05, 4.69) is 5.32 Å². The van der Waals surface area contributed by atoms with Crippen molar-refractivity contribution < 1.29 is 9.59 Å². The number of carbonyl (C=O) groups is 2. The van der Waals surface area contributed by atoms with Gasteiger partial charge >= 0.3 is 0 Å². The van der Waals surface area contributed by atoms with E-state index in [1.165, 1.54) is 0 Å². The fourth-order valence-electron chi connectivity index (χ4n) is 3.65. The fraction of sp³-hybridized carbons (Fsp3) is 0.286. The zero-order chi connectivity index (χ0) is 23.6. The third-order valence-corrected chi connectivity index (χ3v) is 5.99. The molecule has 4 nitrogen and oxygen atoms in total. The smallest absolute Gasteiger partial charge is 0.243 e. The lowest BCUT2D eigenvalue weighted by Gasteiger charge is -2.32. The Morgan fingerprint density at radius 1 is 0.848 bits per heavy atom. The van der Waals surface area contributed by atoms with Crippen LogP contribution in [0.4, 0.5) is 0 Å². The van der Waals surface area contributed by atoms with Gasteiger partial charge in [0.05, 0.1) is 6.42 Å². The maximum absolute atomic E-state index is 13.6. The highest BCUT2D eigenvalue weighted by molar-refractivity contribution is 6.30. The van der Waals surface area contributed by atoms with Gasteiger partial charge in [0, 0.05) is 24.0 Å². The first-order chi connectivity index (χ1) is 16.0. The molecule has 2 amide bonds. The summed E-state index contributed by atoms with van der Waals surface area (Å²) in [7, 11) is 0. The molecule has 0 aliphatic heterocycles. The topological polar surface area (TPSA) is 49.4 Å². The van der Waals surface area contributed by atoms with Crippen molar-refractivity contribution in [3.63, 3.8) is 0 Å². The van der Waals surface area contributed by atoms with Crippen molar-refractivity contribution >= 4 is 23.4 Å². The average Bonchev–Trinajstić information content (AvgIpc) is 2.83. The predicted molar refractivity (Wildman–Crippen MR) is 134 cm³/mol. The molecule has 0 radical (unpaired) electrons. The highest BCUT2D eigenvalue weighted by Gasteiger charge is 2.30. The Labute approximate surface area is 201 Å². The molecule has 3 aromatic rings. The number of nitrogens with zero attached hydrogens (tertiary/aromatic N) is 1. The predicted octanol–water partition coefficient (Wildman–Crippen LogP) is 5.44. The lowest BCUT2D eigenvalue weighted by atomic mass is 10.0. The van der Waals surface area contributed by atoms with Crippen molar-refractivity contribution in [3.8, 4) is 0 Å². The van der Waals surface area contributed by atoms with Gasteiger partial charge in [-0.05, 0) is 42.2 Å². The number of carbonyl (C=O) groups excluding carboxylic acids is 2. The van der Waals surface area contributed by atoms with Crippen LogP contribution in [0.5, 0.6) is 0 Å². The van der Waals surface area contributed by atoms with Crippen LogP contribution in [0, 0.1) is 0 Å². The molecule has 1 N–H and O–H groups in total. The summed E-state index contributed by atoms with van der Waals surface area (Å²) in [5.74, 6) is -0.227. The molecule has 2 atom stereocenters. The molecular weight excluding hydrogens is 432 g/mol. The molecule has 0 spiro atoms. The number of rotatable bonds is 10. The van der Waals surface area contributed by atoms with Crippen molar-refractivity contribution in [1.29, 1.82) is 0 Å². The molecule has 0 aliphatic carbocycles. The quantitative estimate of drug-likeness (QED) is 0.436. The molecule has 0 aromatic heterocycles. The number of halogens is 1. The number of nitrogens with one attached hydrogen (secondary N) is 1. The van der Waals surface area contributed by atoms with E-state index in [9.17, 15) is 9.59 Å². The van der Waals surface area contributed by atoms with E-state index in [1.807, 2.05) is 86.6 Å². The summed E-state index contributed by atoms with van der Waals surface area (Å²) in [6.45, 7) is 4.37. The lowest BCUT2D eigenvalue weighted by Crippen LogP contribution is -2.52. The van der Waals surface area contributed by atoms with Crippen molar-refractivity contribution in [1.82, 2.24) is 10.2 Å². The SMILES string of the molecule is CC[C@@H](C)NC(=O)[C@@H](Cc1ccccc1)N(Cc1ccccc1)C(=O)Cc1ccc(Cl)cc1. The van der Waals surface area contributed by atoms with Crippen LogP contribution in [0.3, 0.4) is 0 Å². The summed E-state index contributed by atoms with van der Waals surface area (Å²) in [6, 6.07) is 26.3. The Hall–Kier alpha value is -3.11. The normalized spacial score (nSPS) is 12.6. The molecule has 0 bridgehead atoms. The summed E-state index contributed by atoms with van der Waals surface area (Å²) in [6.07, 6.45) is 1.47. The second-order valence-corrected chi connectivity index (χ2v) is 8.77. The van der Waals surface area contributed by atoms with Crippen molar-refractivity contribution in [2.45, 2.75) is 51.7 Å². The summed E-state index contributed by atoms with van der Waals surface area (Å²) in [5, 5.41) is 3.72. The first-order valence-electron chi connectivity index (χ1n) is 11.4. The van der Waals surface area contributed by atoms with Gasteiger partial charge in [0.2, 0.25) is 11.8 Å². The minimum Gasteiger partial charge on any atom is -0.352 e. The number of hydrogen-bond donors (Lipinski definition) is 1. The van der Waals surface area contributed by atoms with E-state index in [1.54, 1.807) is 17.0 Å². The molecule has 0 unspecified atom stereocenters. The largest absolute Gasteiger partial charge is 0.352 e. The van der Waals surface area contributed by atoms with Gasteiger partial charge in [-0.1, -0.05) is 91.3 Å². The highest BCUT2D eigenvalue weighted by atomic mass is 35.5. The molecule has 172 valence electrons. The van der Waals surface area contributed by atoms with Crippen LogP contribution in [0.2, 0.25) is 5.02 Å². The summed E-state index contributed by atoms with van der Waals surface area (Å²) in [5.41, 5.74) is 2.86. The molecule has 5 heteroatoms. The minimum atomic E-state index is -0.624. The highest BCUT2D eigenvalue weighted by Crippen LogP contribution is 2.18. The van der Waals surface area contributed by atoms with Crippen molar-refractivity contribution in [2.24, 2.45) is 0 Å². The Kier molecular flexibility index (Phi) is 9.08. The second-order valence-electron chi connectivity index (χ2n) is 8.33. The zero-order valence-corrected chi connectivity index (χ0v) is 20.0. The average molecular weight is 463 g/mol. The van der Waals surface area contributed by atoms with Crippen LogP contribution in [0.1, 0.15) is 37.0 Å². The maximum Gasteiger partial charge on any atom is 0.243 e. The Morgan fingerprint density at radius 3 is 2.00 bits per heavy atom. The maximum atomic E-state index is 13.6. The Balaban J connectivity index is 1.94. The molecular formula is C28H31ClN2O2. The van der Waals surface area contributed by atoms with Gasteiger partial charge in [0.15, 0.2) is 0 Å². The lowest BCUT2D eigenvalue weighted by molar-refractivity contribution is -0.141. The van der Waals surface area contributed by atoms with Crippen LogP contribution in [0.15, 0.2) is 84.9 Å². The van der Waals surface area contributed by atoms with Crippen LogP contribution < -0.4 is 5.32 Å². The van der Waals surface area contributed by atoms with Crippen molar-refractivity contribution in [2.75, 3.05) is 0 Å². The van der Waals surface area contributed by atoms with E-state index in [-0.39, 0.29) is 24.3 Å². The summed E-state index contributed by atoms with van der Waals surface area (Å²) in [4.78, 5) is 28.8. The van der Waals surface area contributed by atoms with Crippen LogP contribution in [-0.4, -0.2) is 28.8 Å². The number of hydrogen-bond acceptors (Lipinski definition) is 2. The molecule has 33 heavy (non-hydrogen) atoms. The third-order valence-electron chi connectivity index (χ3n) is 5.74. The monoisotopic (exact) mass is 462 g/mol. The van der Waals surface area contributed by atoms with Gasteiger partial charge in [-0.3, -0.25) is 9.59 Å². The van der Waals surface area contributed by atoms with Crippen LogP contribution in [0.25, 0.3) is 0 Å². The molecule has 0 fully saturated rings. The molecule has 0 heterocycles. The van der Waals surface area contributed by atoms with Gasteiger partial charge in [0.1, 0.15) is 6.04 Å². The van der Waals surface area contributed by atoms with Crippen molar-refractivity contribution in [3.05, 3.63) is 107 Å². The van der Waals surface area contributed by atoms with E-state index < -0.39 is 6.04 Å². The molecule has 0 saturated carbocycles. The van der Waals surface area contributed by atoms with E-state index in [0.29, 0.717) is 18.0 Å². The number of amides is 2. The third kappa shape index (κ3) is 7.47. The fourth-order valence-corrected chi connectivity index (χ4v) is 3.78. The van der Waals surface area contributed by atoms with E-state index in [4.69, 9.17) is 11.6 Å². The second kappa shape index (κ2) is 12.2. The zero-order valence-electron chi connectivity index (χ0n) is 19.2. The Bertz CT molecular complexity index is 1020. The van der Waals surface area contributed by atoms with E-state index >= 15 is 0 Å². The first-order valence-corrected chi connectivity index (χ1v) is 11.8. The van der Waals surface area contributed by atoms with Gasteiger partial charge in [-0.15, -0.1) is 0 Å². The summed E-state index contributed by atoms with van der Waals surface area (Å²) < 4.78 is 0. The van der Waals surface area contributed by atoms with Gasteiger partial charge in [-0.2, -0.15) is 0 Å².